The van der Waals surface area contributed by atoms with Crippen LogP contribution in [0.2, 0.25) is 0 Å². The Labute approximate surface area is 106 Å². The number of nitrogen functional groups attached to an aromatic ring is 1. The fraction of sp³-hybridized carbons (Fsp3) is 0.308. The molecule has 2 rings (SSSR count). The van der Waals surface area contributed by atoms with Crippen LogP contribution in [0.3, 0.4) is 0 Å². The van der Waals surface area contributed by atoms with E-state index in [2.05, 4.69) is 10.3 Å². The molecule has 0 aliphatic rings. The molecule has 1 heterocycles. The van der Waals surface area contributed by atoms with E-state index in [1.165, 1.54) is 0 Å². The first-order valence-electron chi connectivity index (χ1n) is 5.75. The zero-order chi connectivity index (χ0) is 13.0. The lowest BCUT2D eigenvalue weighted by Crippen LogP contribution is -2.24. The Balaban J connectivity index is 2.21. The summed E-state index contributed by atoms with van der Waals surface area (Å²) in [4.78, 5) is 4.10. The minimum Gasteiger partial charge on any atom is -0.398 e. The van der Waals surface area contributed by atoms with E-state index in [1.807, 2.05) is 18.2 Å². The van der Waals surface area contributed by atoms with Crippen molar-refractivity contribution in [3.63, 3.8) is 0 Å². The monoisotopic (exact) mass is 247 g/mol. The standard InChI is InChI=1S/C13H17N3O2/c1-18-8-9(17)6-16-13-3-2-12(14)10-4-5-15-7-11(10)13/h2-5,7,9,16-17H,6,8,14H2,1H3. The molecule has 0 saturated carbocycles. The molecule has 4 N–H and O–H groups in total. The van der Waals surface area contributed by atoms with Crippen LogP contribution in [0.25, 0.3) is 10.8 Å². The third-order valence-corrected chi connectivity index (χ3v) is 2.74. The molecule has 18 heavy (non-hydrogen) atoms. The SMILES string of the molecule is COCC(O)CNc1ccc(N)c2ccncc12. The zero-order valence-electron chi connectivity index (χ0n) is 10.3. The number of hydrogen-bond acceptors (Lipinski definition) is 5. The van der Waals surface area contributed by atoms with Gasteiger partial charge in [-0.2, -0.15) is 0 Å². The van der Waals surface area contributed by atoms with Crippen molar-refractivity contribution < 1.29 is 9.84 Å². The van der Waals surface area contributed by atoms with Gasteiger partial charge in [-0.3, -0.25) is 4.98 Å². The second kappa shape index (κ2) is 5.66. The van der Waals surface area contributed by atoms with Gasteiger partial charge in [0.1, 0.15) is 0 Å². The van der Waals surface area contributed by atoms with Crippen molar-refractivity contribution in [1.82, 2.24) is 4.98 Å². The summed E-state index contributed by atoms with van der Waals surface area (Å²) in [6.07, 6.45) is 2.93. The lowest BCUT2D eigenvalue weighted by molar-refractivity contribution is 0.0728. The van der Waals surface area contributed by atoms with Gasteiger partial charge in [-0.1, -0.05) is 0 Å². The summed E-state index contributed by atoms with van der Waals surface area (Å²) < 4.78 is 4.88. The highest BCUT2D eigenvalue weighted by atomic mass is 16.5. The van der Waals surface area contributed by atoms with Crippen LogP contribution in [-0.4, -0.2) is 36.5 Å². The van der Waals surface area contributed by atoms with Gasteiger partial charge < -0.3 is 20.9 Å². The summed E-state index contributed by atoms with van der Waals surface area (Å²) in [5.74, 6) is 0. The number of rotatable bonds is 5. The van der Waals surface area contributed by atoms with Crippen molar-refractivity contribution in [2.75, 3.05) is 31.3 Å². The Bertz CT molecular complexity index is 531. The molecule has 0 fully saturated rings. The van der Waals surface area contributed by atoms with Crippen LogP contribution in [0.5, 0.6) is 0 Å². The topological polar surface area (TPSA) is 80.4 Å². The number of pyridine rings is 1. The highest BCUT2D eigenvalue weighted by Gasteiger charge is 2.06. The fourth-order valence-electron chi connectivity index (χ4n) is 1.85. The van der Waals surface area contributed by atoms with Crippen LogP contribution in [0.4, 0.5) is 11.4 Å². The predicted molar refractivity (Wildman–Crippen MR) is 72.5 cm³/mol. The van der Waals surface area contributed by atoms with Gasteiger partial charge in [0.15, 0.2) is 0 Å². The van der Waals surface area contributed by atoms with E-state index in [1.54, 1.807) is 19.5 Å². The number of fused-ring (bicyclic) bond motifs is 1. The third kappa shape index (κ3) is 2.69. The number of nitrogens with one attached hydrogen (secondary N) is 1. The number of ether oxygens (including phenoxy) is 1. The van der Waals surface area contributed by atoms with E-state index in [0.29, 0.717) is 13.2 Å². The number of aromatic nitrogens is 1. The Hall–Kier alpha value is -1.85. The number of anilines is 2. The largest absolute Gasteiger partial charge is 0.398 e. The molecular formula is C13H17N3O2. The molecule has 0 saturated heterocycles. The first-order chi connectivity index (χ1) is 8.72. The minimum atomic E-state index is -0.542. The molecule has 5 heteroatoms. The summed E-state index contributed by atoms with van der Waals surface area (Å²) in [6.45, 7) is 0.722. The van der Waals surface area contributed by atoms with Crippen LogP contribution < -0.4 is 11.1 Å². The quantitative estimate of drug-likeness (QED) is 0.693. The number of nitrogens with two attached hydrogens (primary N) is 1. The van der Waals surface area contributed by atoms with Crippen molar-refractivity contribution >= 4 is 22.1 Å². The van der Waals surface area contributed by atoms with E-state index in [0.717, 1.165) is 22.1 Å². The van der Waals surface area contributed by atoms with Crippen LogP contribution in [0.15, 0.2) is 30.6 Å². The van der Waals surface area contributed by atoms with Gasteiger partial charge in [-0.05, 0) is 18.2 Å². The maximum atomic E-state index is 9.61. The molecule has 5 nitrogen and oxygen atoms in total. The van der Waals surface area contributed by atoms with Gasteiger partial charge in [0.05, 0.1) is 12.7 Å². The lowest BCUT2D eigenvalue weighted by atomic mass is 10.1. The zero-order valence-corrected chi connectivity index (χ0v) is 10.3. The van der Waals surface area contributed by atoms with Crippen LogP contribution in [0, 0.1) is 0 Å². The molecule has 2 aromatic rings. The van der Waals surface area contributed by atoms with E-state index < -0.39 is 6.10 Å². The molecule has 0 bridgehead atoms. The highest BCUT2D eigenvalue weighted by Crippen LogP contribution is 2.27. The molecule has 96 valence electrons. The number of methoxy groups -OCH3 is 1. The molecule has 1 unspecified atom stereocenters. The molecule has 0 aliphatic heterocycles. The lowest BCUT2D eigenvalue weighted by Gasteiger charge is -2.14. The summed E-state index contributed by atoms with van der Waals surface area (Å²) >= 11 is 0. The van der Waals surface area contributed by atoms with Crippen molar-refractivity contribution in [1.29, 1.82) is 0 Å². The summed E-state index contributed by atoms with van der Waals surface area (Å²) in [5.41, 5.74) is 7.53. The molecule has 1 atom stereocenters. The number of benzene rings is 1. The normalized spacial score (nSPS) is 12.6. The number of aliphatic hydroxyl groups excluding tert-OH is 1. The molecule has 0 radical (unpaired) electrons. The van der Waals surface area contributed by atoms with Crippen LogP contribution in [-0.2, 0) is 4.74 Å². The molecule has 0 spiro atoms. The Kier molecular flexibility index (Phi) is 3.96. The second-order valence-electron chi connectivity index (χ2n) is 4.11. The van der Waals surface area contributed by atoms with Crippen LogP contribution >= 0.6 is 0 Å². The Morgan fingerprint density at radius 3 is 3.00 bits per heavy atom. The van der Waals surface area contributed by atoms with Crippen LogP contribution in [0.1, 0.15) is 0 Å². The maximum absolute atomic E-state index is 9.61. The number of nitrogens with zero attached hydrogens (tertiary/aromatic N) is 1. The van der Waals surface area contributed by atoms with E-state index in [4.69, 9.17) is 10.5 Å². The van der Waals surface area contributed by atoms with Gasteiger partial charge in [0.2, 0.25) is 0 Å². The molecule has 1 aromatic heterocycles. The first kappa shape index (κ1) is 12.6. The van der Waals surface area contributed by atoms with Crippen molar-refractivity contribution in [2.24, 2.45) is 0 Å². The van der Waals surface area contributed by atoms with Gasteiger partial charge in [-0.15, -0.1) is 0 Å². The first-order valence-corrected chi connectivity index (χ1v) is 5.75. The summed E-state index contributed by atoms with van der Waals surface area (Å²) in [6, 6.07) is 5.60. The van der Waals surface area contributed by atoms with E-state index in [-0.39, 0.29) is 0 Å². The molecular weight excluding hydrogens is 230 g/mol. The molecule has 0 amide bonds. The Morgan fingerprint density at radius 1 is 1.39 bits per heavy atom. The predicted octanol–water partition coefficient (Wildman–Crippen LogP) is 1.24. The van der Waals surface area contributed by atoms with Crippen molar-refractivity contribution in [3.05, 3.63) is 30.6 Å². The number of aliphatic hydroxyl groups is 1. The minimum absolute atomic E-state index is 0.304. The fourth-order valence-corrected chi connectivity index (χ4v) is 1.85. The van der Waals surface area contributed by atoms with Crippen molar-refractivity contribution in [2.45, 2.75) is 6.10 Å². The van der Waals surface area contributed by atoms with E-state index in [9.17, 15) is 5.11 Å². The average molecular weight is 247 g/mol. The maximum Gasteiger partial charge on any atom is 0.0945 e. The number of hydrogen-bond donors (Lipinski definition) is 3. The van der Waals surface area contributed by atoms with Gasteiger partial charge in [0.25, 0.3) is 0 Å². The second-order valence-corrected chi connectivity index (χ2v) is 4.11. The van der Waals surface area contributed by atoms with Gasteiger partial charge in [-0.25, -0.2) is 0 Å². The third-order valence-electron chi connectivity index (χ3n) is 2.74. The average Bonchev–Trinajstić information content (AvgIpc) is 2.39. The molecule has 0 aliphatic carbocycles. The van der Waals surface area contributed by atoms with Crippen molar-refractivity contribution in [3.8, 4) is 0 Å². The van der Waals surface area contributed by atoms with Gasteiger partial charge >= 0.3 is 0 Å². The molecule has 1 aromatic carbocycles. The Morgan fingerprint density at radius 2 is 2.22 bits per heavy atom. The summed E-state index contributed by atoms with van der Waals surface area (Å²) in [7, 11) is 1.56. The highest BCUT2D eigenvalue weighted by molar-refractivity contribution is 6.00. The van der Waals surface area contributed by atoms with Gasteiger partial charge in [0, 0.05) is 48.2 Å². The summed E-state index contributed by atoms with van der Waals surface area (Å²) in [5, 5.41) is 14.7. The van der Waals surface area contributed by atoms with E-state index >= 15 is 0 Å². The smallest absolute Gasteiger partial charge is 0.0945 e.